The first-order valence-electron chi connectivity index (χ1n) is 10.2. The van der Waals surface area contributed by atoms with Crippen LogP contribution in [0.5, 0.6) is 11.5 Å². The maximum absolute atomic E-state index is 12.8. The van der Waals surface area contributed by atoms with Gasteiger partial charge in [-0.05, 0) is 59.5 Å². The normalized spacial score (nSPS) is 12.7. The van der Waals surface area contributed by atoms with Crippen LogP contribution in [0.3, 0.4) is 0 Å². The van der Waals surface area contributed by atoms with Crippen molar-refractivity contribution in [3.05, 3.63) is 83.4 Å². The number of carbonyl (C=O) groups is 1. The van der Waals surface area contributed by atoms with Crippen molar-refractivity contribution in [1.29, 1.82) is 0 Å². The van der Waals surface area contributed by atoms with Crippen LogP contribution in [0.25, 0.3) is 0 Å². The summed E-state index contributed by atoms with van der Waals surface area (Å²) in [6, 6.07) is 18.8. The van der Waals surface area contributed by atoms with E-state index in [-0.39, 0.29) is 29.7 Å². The van der Waals surface area contributed by atoms with Gasteiger partial charge in [-0.1, -0.05) is 38.1 Å². The number of nitrogens with one attached hydrogen (secondary N) is 2. The number of fused-ring (bicyclic) bond motifs is 1. The van der Waals surface area contributed by atoms with Gasteiger partial charge in [0, 0.05) is 17.8 Å². The summed E-state index contributed by atoms with van der Waals surface area (Å²) in [6.07, 6.45) is 0. The predicted octanol–water partition coefficient (Wildman–Crippen LogP) is 4.27. The fourth-order valence-electron chi connectivity index (χ4n) is 3.27. The van der Waals surface area contributed by atoms with E-state index in [1.165, 1.54) is 17.7 Å². The third-order valence-electron chi connectivity index (χ3n) is 5.15. The first-order valence-corrected chi connectivity index (χ1v) is 11.7. The number of hydrogen-bond acceptors (Lipinski definition) is 5. The Labute approximate surface area is 187 Å². The Bertz CT molecular complexity index is 1240. The van der Waals surface area contributed by atoms with Crippen LogP contribution < -0.4 is 19.5 Å². The molecule has 0 bridgehead atoms. The van der Waals surface area contributed by atoms with E-state index in [4.69, 9.17) is 9.47 Å². The van der Waals surface area contributed by atoms with Crippen molar-refractivity contribution in [2.45, 2.75) is 31.2 Å². The molecule has 166 valence electrons. The van der Waals surface area contributed by atoms with Gasteiger partial charge in [0.2, 0.25) is 16.8 Å². The number of carbonyl (C=O) groups excluding carboxylic acids is 1. The van der Waals surface area contributed by atoms with Gasteiger partial charge in [0.25, 0.3) is 5.91 Å². The first kappa shape index (κ1) is 21.9. The summed E-state index contributed by atoms with van der Waals surface area (Å²) < 4.78 is 38.7. The van der Waals surface area contributed by atoms with Gasteiger partial charge >= 0.3 is 0 Å². The minimum Gasteiger partial charge on any atom is -0.454 e. The van der Waals surface area contributed by atoms with Crippen molar-refractivity contribution in [2.75, 3.05) is 12.1 Å². The maximum atomic E-state index is 12.8. The van der Waals surface area contributed by atoms with Crippen LogP contribution in [0.1, 0.15) is 41.3 Å². The molecule has 0 saturated heterocycles. The summed E-state index contributed by atoms with van der Waals surface area (Å²) in [5, 5.41) is 2.80. The fraction of sp³-hybridized carbons (Fsp3) is 0.208. The molecule has 1 amide bonds. The minimum atomic E-state index is -3.82. The smallest absolute Gasteiger partial charge is 0.255 e. The van der Waals surface area contributed by atoms with E-state index >= 15 is 0 Å². The zero-order valence-corrected chi connectivity index (χ0v) is 18.6. The summed E-state index contributed by atoms with van der Waals surface area (Å²) in [4.78, 5) is 12.7. The average molecular weight is 453 g/mol. The number of sulfonamides is 1. The topological polar surface area (TPSA) is 93.7 Å². The lowest BCUT2D eigenvalue weighted by atomic mass is 10.0. The molecule has 1 heterocycles. The SMILES string of the molecule is CC(C)c1ccc(NC(=O)c2cccc(S(=O)(=O)NCc3ccc4c(c3)OCO4)c2)cc1. The molecule has 32 heavy (non-hydrogen) atoms. The summed E-state index contributed by atoms with van der Waals surface area (Å²) in [5.74, 6) is 1.23. The van der Waals surface area contributed by atoms with E-state index in [9.17, 15) is 13.2 Å². The van der Waals surface area contributed by atoms with Gasteiger partial charge in [-0.3, -0.25) is 4.79 Å². The van der Waals surface area contributed by atoms with E-state index in [1.54, 1.807) is 30.3 Å². The molecule has 0 atom stereocenters. The number of anilines is 1. The fourth-order valence-corrected chi connectivity index (χ4v) is 4.33. The number of benzene rings is 3. The first-order chi connectivity index (χ1) is 15.3. The van der Waals surface area contributed by atoms with Crippen LogP contribution in [-0.4, -0.2) is 21.1 Å². The van der Waals surface area contributed by atoms with Crippen LogP contribution in [0, 0.1) is 0 Å². The molecule has 1 aliphatic heterocycles. The van der Waals surface area contributed by atoms with Crippen molar-refractivity contribution in [1.82, 2.24) is 4.72 Å². The third kappa shape index (κ3) is 4.92. The van der Waals surface area contributed by atoms with Gasteiger partial charge in [0.05, 0.1) is 4.90 Å². The molecule has 2 N–H and O–H groups in total. The second kappa shape index (κ2) is 9.02. The Morgan fingerprint density at radius 1 is 0.969 bits per heavy atom. The van der Waals surface area contributed by atoms with Gasteiger partial charge in [-0.15, -0.1) is 0 Å². The van der Waals surface area contributed by atoms with Crippen molar-refractivity contribution >= 4 is 21.6 Å². The van der Waals surface area contributed by atoms with Gasteiger partial charge in [-0.25, -0.2) is 13.1 Å². The zero-order chi connectivity index (χ0) is 22.7. The summed E-state index contributed by atoms with van der Waals surface area (Å²) >= 11 is 0. The maximum Gasteiger partial charge on any atom is 0.255 e. The van der Waals surface area contributed by atoms with E-state index in [2.05, 4.69) is 23.9 Å². The molecule has 4 rings (SSSR count). The monoisotopic (exact) mass is 452 g/mol. The van der Waals surface area contributed by atoms with Crippen LogP contribution in [-0.2, 0) is 16.6 Å². The highest BCUT2D eigenvalue weighted by Gasteiger charge is 2.18. The molecule has 0 aromatic heterocycles. The van der Waals surface area contributed by atoms with Gasteiger partial charge in [0.15, 0.2) is 11.5 Å². The Morgan fingerprint density at radius 3 is 2.47 bits per heavy atom. The van der Waals surface area contributed by atoms with Crippen molar-refractivity contribution < 1.29 is 22.7 Å². The average Bonchev–Trinajstić information content (AvgIpc) is 3.26. The molecule has 0 spiro atoms. The van der Waals surface area contributed by atoms with Crippen LogP contribution in [0.2, 0.25) is 0 Å². The van der Waals surface area contributed by atoms with Gasteiger partial charge in [0.1, 0.15) is 0 Å². The molecule has 3 aromatic rings. The molecule has 0 radical (unpaired) electrons. The van der Waals surface area contributed by atoms with E-state index in [0.29, 0.717) is 23.1 Å². The molecular weight excluding hydrogens is 428 g/mol. The highest BCUT2D eigenvalue weighted by atomic mass is 32.2. The molecule has 1 aliphatic rings. The molecule has 0 saturated carbocycles. The summed E-state index contributed by atoms with van der Waals surface area (Å²) in [5.41, 5.74) is 2.80. The molecule has 8 heteroatoms. The Balaban J connectivity index is 1.44. The lowest BCUT2D eigenvalue weighted by Crippen LogP contribution is -2.23. The molecule has 0 fully saturated rings. The second-order valence-corrected chi connectivity index (χ2v) is 9.54. The summed E-state index contributed by atoms with van der Waals surface area (Å²) in [7, 11) is -3.82. The van der Waals surface area contributed by atoms with E-state index < -0.39 is 10.0 Å². The number of ether oxygens (including phenoxy) is 2. The van der Waals surface area contributed by atoms with Crippen molar-refractivity contribution in [3.8, 4) is 11.5 Å². The molecule has 7 nitrogen and oxygen atoms in total. The number of hydrogen-bond donors (Lipinski definition) is 2. The standard InChI is InChI=1S/C24H24N2O5S/c1-16(2)18-7-9-20(10-8-18)26-24(27)19-4-3-5-21(13-19)32(28,29)25-14-17-6-11-22-23(12-17)31-15-30-22/h3-13,16,25H,14-15H2,1-2H3,(H,26,27). The van der Waals surface area contributed by atoms with Gasteiger partial charge < -0.3 is 14.8 Å². The Morgan fingerprint density at radius 2 is 1.72 bits per heavy atom. The summed E-state index contributed by atoms with van der Waals surface area (Å²) in [6.45, 7) is 4.43. The lowest BCUT2D eigenvalue weighted by molar-refractivity contribution is 0.102. The van der Waals surface area contributed by atoms with Crippen molar-refractivity contribution in [3.63, 3.8) is 0 Å². The number of amides is 1. The molecule has 0 unspecified atom stereocenters. The second-order valence-electron chi connectivity index (χ2n) is 7.77. The van der Waals surface area contributed by atoms with Gasteiger partial charge in [-0.2, -0.15) is 0 Å². The Kier molecular flexibility index (Phi) is 6.16. The highest BCUT2D eigenvalue weighted by molar-refractivity contribution is 7.89. The quantitative estimate of drug-likeness (QED) is 0.558. The van der Waals surface area contributed by atoms with Crippen LogP contribution in [0.15, 0.2) is 71.6 Å². The molecular formula is C24H24N2O5S. The highest BCUT2D eigenvalue weighted by Crippen LogP contribution is 2.32. The number of rotatable bonds is 7. The zero-order valence-electron chi connectivity index (χ0n) is 17.8. The molecule has 3 aromatic carbocycles. The van der Waals surface area contributed by atoms with Crippen molar-refractivity contribution in [2.24, 2.45) is 0 Å². The predicted molar refractivity (Wildman–Crippen MR) is 122 cm³/mol. The molecule has 0 aliphatic carbocycles. The Hall–Kier alpha value is -3.36. The minimum absolute atomic E-state index is 0.0149. The lowest BCUT2D eigenvalue weighted by Gasteiger charge is -2.10. The van der Waals surface area contributed by atoms with Crippen LogP contribution in [0.4, 0.5) is 5.69 Å². The largest absolute Gasteiger partial charge is 0.454 e. The van der Waals surface area contributed by atoms with Crippen LogP contribution >= 0.6 is 0 Å². The third-order valence-corrected chi connectivity index (χ3v) is 6.54. The van der Waals surface area contributed by atoms with E-state index in [0.717, 1.165) is 5.56 Å². The van der Waals surface area contributed by atoms with E-state index in [1.807, 2.05) is 24.3 Å².